The van der Waals surface area contributed by atoms with Crippen LogP contribution in [0.2, 0.25) is 0 Å². The Hall–Kier alpha value is -1.81. The second-order valence-electron chi connectivity index (χ2n) is 6.23. The number of fused-ring (bicyclic) bond motifs is 1. The zero-order valence-electron chi connectivity index (χ0n) is 13.8. The summed E-state index contributed by atoms with van der Waals surface area (Å²) in [6, 6.07) is 3.79. The van der Waals surface area contributed by atoms with Crippen molar-refractivity contribution in [2.75, 3.05) is 0 Å². The van der Waals surface area contributed by atoms with Crippen molar-refractivity contribution in [3.8, 4) is 0 Å². The highest BCUT2D eigenvalue weighted by molar-refractivity contribution is 6.04. The number of unbranched alkanes of at least 4 members (excludes halogenated alkanes) is 1. The van der Waals surface area contributed by atoms with Crippen molar-refractivity contribution in [1.82, 2.24) is 4.57 Å². The van der Waals surface area contributed by atoms with Crippen LogP contribution in [-0.4, -0.2) is 20.7 Å². The average Bonchev–Trinajstić information content (AvgIpc) is 2.82. The fourth-order valence-corrected chi connectivity index (χ4v) is 2.82. The van der Waals surface area contributed by atoms with E-state index in [0.717, 1.165) is 41.4 Å². The van der Waals surface area contributed by atoms with Crippen LogP contribution in [0.1, 0.15) is 74.0 Å². The van der Waals surface area contributed by atoms with Gasteiger partial charge in [0.25, 0.3) is 0 Å². The fourth-order valence-electron chi connectivity index (χ4n) is 2.82. The molecule has 0 aliphatic heterocycles. The van der Waals surface area contributed by atoms with Gasteiger partial charge in [-0.25, -0.2) is 4.79 Å². The predicted octanol–water partition coefficient (Wildman–Crippen LogP) is 4.32. The van der Waals surface area contributed by atoms with Crippen molar-refractivity contribution in [3.05, 3.63) is 35.0 Å². The molecule has 0 bridgehead atoms. The zero-order chi connectivity index (χ0) is 16.4. The lowest BCUT2D eigenvalue weighted by atomic mass is 9.96. The molecule has 0 saturated carbocycles. The number of hydrogen-bond donors (Lipinski definition) is 2. The Morgan fingerprint density at radius 1 is 1.27 bits per heavy atom. The number of aromatic carboxylic acids is 1. The van der Waals surface area contributed by atoms with Crippen molar-refractivity contribution >= 4 is 16.9 Å². The van der Waals surface area contributed by atoms with E-state index >= 15 is 0 Å². The number of aliphatic hydroxyl groups excluding tert-OH is 1. The van der Waals surface area contributed by atoms with Gasteiger partial charge in [-0.05, 0) is 37.0 Å². The largest absolute Gasteiger partial charge is 0.478 e. The molecule has 2 N–H and O–H groups in total. The van der Waals surface area contributed by atoms with Crippen LogP contribution in [0.15, 0.2) is 18.3 Å². The Balaban J connectivity index is 2.79. The highest BCUT2D eigenvalue weighted by Gasteiger charge is 2.20. The molecule has 1 aromatic heterocycles. The van der Waals surface area contributed by atoms with E-state index in [1.54, 1.807) is 13.0 Å². The standard InChI is InChI=1S/C18H25NO3/c1-5-6-7-19-10-16(12(4)20)14-8-13(11(2)3)9-15(17(14)19)18(21)22/h8-12,20H,5-7H2,1-4H3,(H,21,22). The van der Waals surface area contributed by atoms with Crippen LogP contribution in [0.5, 0.6) is 0 Å². The molecule has 0 radical (unpaired) electrons. The molecule has 4 heteroatoms. The van der Waals surface area contributed by atoms with E-state index in [9.17, 15) is 15.0 Å². The van der Waals surface area contributed by atoms with Crippen LogP contribution in [0.25, 0.3) is 10.9 Å². The molecule has 1 unspecified atom stereocenters. The minimum atomic E-state index is -0.916. The third kappa shape index (κ3) is 3.02. The molecule has 0 saturated heterocycles. The number of aliphatic hydroxyl groups is 1. The van der Waals surface area contributed by atoms with Gasteiger partial charge in [-0.1, -0.05) is 27.2 Å². The van der Waals surface area contributed by atoms with Crippen LogP contribution >= 0.6 is 0 Å². The Kier molecular flexibility index (Phi) is 4.91. The summed E-state index contributed by atoms with van der Waals surface area (Å²) in [5, 5.41) is 20.5. The second-order valence-corrected chi connectivity index (χ2v) is 6.23. The third-order valence-electron chi connectivity index (χ3n) is 4.13. The van der Waals surface area contributed by atoms with E-state index in [0.29, 0.717) is 5.56 Å². The molecular formula is C18H25NO3. The number of hydrogen-bond acceptors (Lipinski definition) is 2. The molecule has 2 rings (SSSR count). The molecule has 120 valence electrons. The Labute approximate surface area is 131 Å². The number of rotatable bonds is 6. The lowest BCUT2D eigenvalue weighted by molar-refractivity contribution is 0.0698. The molecule has 0 fully saturated rings. The van der Waals surface area contributed by atoms with Crippen molar-refractivity contribution in [2.45, 2.75) is 59.1 Å². The lowest BCUT2D eigenvalue weighted by Gasteiger charge is -2.11. The first kappa shape index (κ1) is 16.6. The normalized spacial score (nSPS) is 13.0. The van der Waals surface area contributed by atoms with E-state index in [1.165, 1.54) is 0 Å². The Morgan fingerprint density at radius 3 is 2.45 bits per heavy atom. The van der Waals surface area contributed by atoms with Gasteiger partial charge in [0, 0.05) is 23.7 Å². The van der Waals surface area contributed by atoms with Crippen molar-refractivity contribution in [3.63, 3.8) is 0 Å². The first-order valence-electron chi connectivity index (χ1n) is 7.94. The van der Waals surface area contributed by atoms with Crippen molar-refractivity contribution < 1.29 is 15.0 Å². The first-order valence-corrected chi connectivity index (χ1v) is 7.94. The van der Waals surface area contributed by atoms with E-state index in [1.807, 2.05) is 30.7 Å². The number of nitrogens with zero attached hydrogens (tertiary/aromatic N) is 1. The van der Waals surface area contributed by atoms with E-state index in [2.05, 4.69) is 6.92 Å². The van der Waals surface area contributed by atoms with Crippen LogP contribution < -0.4 is 0 Å². The van der Waals surface area contributed by atoms with Gasteiger partial charge in [0.2, 0.25) is 0 Å². The summed E-state index contributed by atoms with van der Waals surface area (Å²) in [7, 11) is 0. The number of benzene rings is 1. The topological polar surface area (TPSA) is 62.5 Å². The summed E-state index contributed by atoms with van der Waals surface area (Å²) in [5.41, 5.74) is 2.83. The fraction of sp³-hybridized carbons (Fsp3) is 0.500. The lowest BCUT2D eigenvalue weighted by Crippen LogP contribution is -2.05. The van der Waals surface area contributed by atoms with Crippen LogP contribution in [0, 0.1) is 0 Å². The van der Waals surface area contributed by atoms with Gasteiger partial charge in [0.1, 0.15) is 0 Å². The van der Waals surface area contributed by atoms with Crippen LogP contribution in [0.4, 0.5) is 0 Å². The minimum Gasteiger partial charge on any atom is -0.478 e. The molecule has 1 aromatic carbocycles. The molecule has 0 amide bonds. The molecule has 2 aromatic rings. The molecule has 22 heavy (non-hydrogen) atoms. The van der Waals surface area contributed by atoms with Crippen LogP contribution in [0.3, 0.4) is 0 Å². The maximum Gasteiger partial charge on any atom is 0.337 e. The van der Waals surface area contributed by atoms with E-state index in [-0.39, 0.29) is 5.92 Å². The van der Waals surface area contributed by atoms with Gasteiger partial charge in [0.15, 0.2) is 0 Å². The quantitative estimate of drug-likeness (QED) is 0.835. The van der Waals surface area contributed by atoms with E-state index < -0.39 is 12.1 Å². The number of aryl methyl sites for hydroxylation is 1. The summed E-state index contributed by atoms with van der Waals surface area (Å²) in [6.45, 7) is 8.69. The molecule has 0 aliphatic carbocycles. The predicted molar refractivity (Wildman–Crippen MR) is 88.5 cm³/mol. The summed E-state index contributed by atoms with van der Waals surface area (Å²) >= 11 is 0. The third-order valence-corrected chi connectivity index (χ3v) is 4.13. The monoisotopic (exact) mass is 303 g/mol. The summed E-state index contributed by atoms with van der Waals surface area (Å²) in [6.07, 6.45) is 3.31. The first-order chi connectivity index (χ1) is 10.4. The Morgan fingerprint density at radius 2 is 1.95 bits per heavy atom. The van der Waals surface area contributed by atoms with Crippen LogP contribution in [-0.2, 0) is 6.54 Å². The number of carbonyl (C=O) groups is 1. The molecule has 4 nitrogen and oxygen atoms in total. The summed E-state index contributed by atoms with van der Waals surface area (Å²) in [4.78, 5) is 11.7. The summed E-state index contributed by atoms with van der Waals surface area (Å²) < 4.78 is 1.98. The van der Waals surface area contributed by atoms with Gasteiger partial charge in [-0.3, -0.25) is 0 Å². The molecule has 1 atom stereocenters. The van der Waals surface area contributed by atoms with Gasteiger partial charge >= 0.3 is 5.97 Å². The number of carboxylic acids is 1. The van der Waals surface area contributed by atoms with Crippen molar-refractivity contribution in [2.24, 2.45) is 0 Å². The van der Waals surface area contributed by atoms with Crippen molar-refractivity contribution in [1.29, 1.82) is 0 Å². The summed E-state index contributed by atoms with van der Waals surface area (Å²) in [5.74, 6) is -0.677. The van der Waals surface area contributed by atoms with Gasteiger partial charge < -0.3 is 14.8 Å². The maximum absolute atomic E-state index is 11.7. The molecular weight excluding hydrogens is 278 g/mol. The molecule has 0 spiro atoms. The molecule has 0 aliphatic rings. The zero-order valence-corrected chi connectivity index (χ0v) is 13.8. The van der Waals surface area contributed by atoms with E-state index in [4.69, 9.17) is 0 Å². The van der Waals surface area contributed by atoms with Gasteiger partial charge in [-0.15, -0.1) is 0 Å². The maximum atomic E-state index is 11.7. The minimum absolute atomic E-state index is 0.239. The highest BCUT2D eigenvalue weighted by atomic mass is 16.4. The van der Waals surface area contributed by atoms with Gasteiger partial charge in [0.05, 0.1) is 17.2 Å². The molecule has 1 heterocycles. The number of carboxylic acid groups (broad SMARTS) is 1. The second kappa shape index (κ2) is 6.53. The van der Waals surface area contributed by atoms with Gasteiger partial charge in [-0.2, -0.15) is 0 Å². The number of aromatic nitrogens is 1. The smallest absolute Gasteiger partial charge is 0.337 e. The SMILES string of the molecule is CCCCn1cc(C(C)O)c2cc(C(C)C)cc(C(=O)O)c21. The average molecular weight is 303 g/mol. The highest BCUT2D eigenvalue weighted by Crippen LogP contribution is 2.32. The Bertz CT molecular complexity index is 683.